The van der Waals surface area contributed by atoms with Gasteiger partial charge in [0.15, 0.2) is 0 Å². The number of rotatable bonds is 6. The molecule has 2 heterocycles. The molecule has 0 N–H and O–H groups in total. The number of aromatic nitrogens is 2. The van der Waals surface area contributed by atoms with Gasteiger partial charge >= 0.3 is 0 Å². The van der Waals surface area contributed by atoms with Crippen molar-refractivity contribution in [3.8, 4) is 0 Å². The minimum absolute atomic E-state index is 0.290. The second-order valence-corrected chi connectivity index (χ2v) is 7.67. The zero-order valence-corrected chi connectivity index (χ0v) is 14.8. The highest BCUT2D eigenvalue weighted by Gasteiger charge is 2.29. The second kappa shape index (κ2) is 7.75. The summed E-state index contributed by atoms with van der Waals surface area (Å²) in [5.41, 5.74) is 0. The van der Waals surface area contributed by atoms with Crippen molar-refractivity contribution in [1.29, 1.82) is 0 Å². The molecule has 5 heteroatoms. The largest absolute Gasteiger partial charge is 0.424 e. The Labute approximate surface area is 139 Å². The summed E-state index contributed by atoms with van der Waals surface area (Å²) >= 11 is 0. The lowest BCUT2D eigenvalue weighted by Gasteiger charge is -2.36. The maximum Gasteiger partial charge on any atom is 0.230 e. The molecule has 5 nitrogen and oxygen atoms in total. The molecule has 0 bridgehead atoms. The monoisotopic (exact) mass is 321 g/mol. The topological polar surface area (TPSA) is 51.4 Å². The fraction of sp³-hybridized carbons (Fsp3) is 0.889. The van der Waals surface area contributed by atoms with Crippen LogP contribution in [-0.4, -0.2) is 40.4 Å². The summed E-state index contributed by atoms with van der Waals surface area (Å²) in [6.07, 6.45) is 7.96. The summed E-state index contributed by atoms with van der Waals surface area (Å²) in [4.78, 5) is 2.54. The van der Waals surface area contributed by atoms with Gasteiger partial charge in [-0.05, 0) is 44.4 Å². The Bertz CT molecular complexity index is 474. The Kier molecular flexibility index (Phi) is 5.70. The predicted octanol–water partition coefficient (Wildman–Crippen LogP) is 3.75. The zero-order valence-electron chi connectivity index (χ0n) is 14.8. The highest BCUT2D eigenvalue weighted by atomic mass is 16.5. The molecular formula is C18H31N3O2. The highest BCUT2D eigenvalue weighted by molar-refractivity contribution is 4.89. The second-order valence-electron chi connectivity index (χ2n) is 7.67. The van der Waals surface area contributed by atoms with Gasteiger partial charge in [0.2, 0.25) is 11.8 Å². The van der Waals surface area contributed by atoms with Crippen molar-refractivity contribution in [3.05, 3.63) is 11.8 Å². The van der Waals surface area contributed by atoms with Crippen LogP contribution in [0.4, 0.5) is 0 Å². The van der Waals surface area contributed by atoms with Gasteiger partial charge in [0.05, 0.1) is 12.6 Å². The fourth-order valence-corrected chi connectivity index (χ4v) is 3.74. The minimum atomic E-state index is 0.290. The average molecular weight is 321 g/mol. The van der Waals surface area contributed by atoms with Crippen LogP contribution in [-0.2, 0) is 11.3 Å². The van der Waals surface area contributed by atoms with Gasteiger partial charge in [-0.1, -0.05) is 20.8 Å². The van der Waals surface area contributed by atoms with Gasteiger partial charge in [-0.3, -0.25) is 4.90 Å². The highest BCUT2D eigenvalue weighted by Crippen LogP contribution is 2.29. The molecule has 0 unspecified atom stereocenters. The van der Waals surface area contributed by atoms with E-state index in [9.17, 15) is 0 Å². The standard InChI is InChI=1S/C18H31N3O2/c1-13(2)18-20-19-17(23-18)12-21(11-16-5-4-10-22-16)15-8-6-14(3)7-9-15/h13-16H,4-12H2,1-3H3/t14?,15?,16-/m1/s1. The minimum Gasteiger partial charge on any atom is -0.424 e. The molecule has 1 saturated heterocycles. The molecule has 130 valence electrons. The van der Waals surface area contributed by atoms with E-state index in [1.54, 1.807) is 0 Å². The molecule has 0 aromatic carbocycles. The molecule has 23 heavy (non-hydrogen) atoms. The van der Waals surface area contributed by atoms with E-state index in [1.165, 1.54) is 38.5 Å². The summed E-state index contributed by atoms with van der Waals surface area (Å²) in [5, 5.41) is 8.45. The van der Waals surface area contributed by atoms with E-state index in [-0.39, 0.29) is 0 Å². The summed E-state index contributed by atoms with van der Waals surface area (Å²) in [5.74, 6) is 2.66. The number of ether oxygens (including phenoxy) is 1. The van der Waals surface area contributed by atoms with Crippen LogP contribution in [0.1, 0.15) is 77.0 Å². The molecule has 2 aliphatic rings. The fourth-order valence-electron chi connectivity index (χ4n) is 3.74. The van der Waals surface area contributed by atoms with Crippen LogP contribution >= 0.6 is 0 Å². The Morgan fingerprint density at radius 3 is 2.52 bits per heavy atom. The summed E-state index contributed by atoms with van der Waals surface area (Å²) in [6.45, 7) is 9.22. The maximum absolute atomic E-state index is 5.87. The first-order valence-corrected chi connectivity index (χ1v) is 9.29. The molecule has 1 saturated carbocycles. The van der Waals surface area contributed by atoms with E-state index in [0.717, 1.165) is 37.4 Å². The number of hydrogen-bond acceptors (Lipinski definition) is 5. The molecule has 2 fully saturated rings. The van der Waals surface area contributed by atoms with Crippen molar-refractivity contribution in [2.24, 2.45) is 5.92 Å². The summed E-state index contributed by atoms with van der Waals surface area (Å²) in [7, 11) is 0. The molecule has 1 aliphatic heterocycles. The van der Waals surface area contributed by atoms with E-state index >= 15 is 0 Å². The van der Waals surface area contributed by atoms with E-state index in [4.69, 9.17) is 9.15 Å². The van der Waals surface area contributed by atoms with E-state index in [1.807, 2.05) is 0 Å². The van der Waals surface area contributed by atoms with Crippen molar-refractivity contribution >= 4 is 0 Å². The SMILES string of the molecule is CC1CCC(N(Cc2nnc(C(C)C)o2)C[C@H]2CCCO2)CC1. The summed E-state index contributed by atoms with van der Waals surface area (Å²) < 4.78 is 11.7. The molecule has 0 spiro atoms. The van der Waals surface area contributed by atoms with Gasteiger partial charge in [-0.25, -0.2) is 0 Å². The van der Waals surface area contributed by atoms with Crippen LogP contribution in [0.25, 0.3) is 0 Å². The third-order valence-electron chi connectivity index (χ3n) is 5.28. The van der Waals surface area contributed by atoms with Gasteiger partial charge < -0.3 is 9.15 Å². The zero-order chi connectivity index (χ0) is 16.2. The number of hydrogen-bond donors (Lipinski definition) is 0. The van der Waals surface area contributed by atoms with E-state index in [2.05, 4.69) is 35.9 Å². The van der Waals surface area contributed by atoms with Gasteiger partial charge in [0.1, 0.15) is 0 Å². The molecule has 0 amide bonds. The van der Waals surface area contributed by atoms with Crippen LogP contribution in [0.2, 0.25) is 0 Å². The van der Waals surface area contributed by atoms with Gasteiger partial charge in [-0.15, -0.1) is 10.2 Å². The first-order valence-electron chi connectivity index (χ1n) is 9.29. The molecule has 1 atom stereocenters. The van der Waals surface area contributed by atoms with Gasteiger partial charge in [0.25, 0.3) is 0 Å². The molecular weight excluding hydrogens is 290 g/mol. The third-order valence-corrected chi connectivity index (χ3v) is 5.28. The lowest BCUT2D eigenvalue weighted by atomic mass is 9.86. The first kappa shape index (κ1) is 16.9. The predicted molar refractivity (Wildman–Crippen MR) is 89.2 cm³/mol. The van der Waals surface area contributed by atoms with Crippen LogP contribution in [0.5, 0.6) is 0 Å². The van der Waals surface area contributed by atoms with Gasteiger partial charge in [0, 0.05) is 25.1 Å². The van der Waals surface area contributed by atoms with Crippen molar-refractivity contribution in [3.63, 3.8) is 0 Å². The van der Waals surface area contributed by atoms with E-state index in [0.29, 0.717) is 18.1 Å². The quantitative estimate of drug-likeness (QED) is 0.798. The number of nitrogens with zero attached hydrogens (tertiary/aromatic N) is 3. The van der Waals surface area contributed by atoms with Crippen molar-refractivity contribution in [2.75, 3.05) is 13.2 Å². The average Bonchev–Trinajstić information content (AvgIpc) is 3.19. The summed E-state index contributed by atoms with van der Waals surface area (Å²) in [6, 6.07) is 0.629. The molecule has 1 aromatic rings. The molecule has 3 rings (SSSR count). The lowest BCUT2D eigenvalue weighted by Crippen LogP contribution is -2.41. The Morgan fingerprint density at radius 2 is 1.91 bits per heavy atom. The van der Waals surface area contributed by atoms with Crippen LogP contribution < -0.4 is 0 Å². The van der Waals surface area contributed by atoms with Crippen molar-refractivity contribution in [1.82, 2.24) is 15.1 Å². The molecule has 0 radical (unpaired) electrons. The Hall–Kier alpha value is -0.940. The van der Waals surface area contributed by atoms with Crippen LogP contribution in [0.3, 0.4) is 0 Å². The lowest BCUT2D eigenvalue weighted by molar-refractivity contribution is 0.0368. The first-order chi connectivity index (χ1) is 11.1. The maximum atomic E-state index is 5.87. The van der Waals surface area contributed by atoms with Crippen molar-refractivity contribution < 1.29 is 9.15 Å². The molecule has 1 aromatic heterocycles. The van der Waals surface area contributed by atoms with Crippen LogP contribution in [0, 0.1) is 5.92 Å². The normalized spacial score (nSPS) is 28.8. The Balaban J connectivity index is 1.65. The van der Waals surface area contributed by atoms with Crippen LogP contribution in [0.15, 0.2) is 4.42 Å². The smallest absolute Gasteiger partial charge is 0.230 e. The Morgan fingerprint density at radius 1 is 1.13 bits per heavy atom. The third kappa shape index (κ3) is 4.54. The van der Waals surface area contributed by atoms with E-state index < -0.39 is 0 Å². The van der Waals surface area contributed by atoms with Gasteiger partial charge in [-0.2, -0.15) is 0 Å². The van der Waals surface area contributed by atoms with Crippen molar-refractivity contribution in [2.45, 2.75) is 83.9 Å². The molecule has 1 aliphatic carbocycles.